The van der Waals surface area contributed by atoms with Gasteiger partial charge in [0.15, 0.2) is 0 Å². The Balaban J connectivity index is 1.11. The van der Waals surface area contributed by atoms with Gasteiger partial charge in [0.2, 0.25) is 0 Å². The molecule has 1 saturated heterocycles. The second kappa shape index (κ2) is 8.43. The Labute approximate surface area is 174 Å². The zero-order valence-electron chi connectivity index (χ0n) is 16.2. The number of piperidine rings is 1. The molecule has 0 atom stereocenters. The van der Waals surface area contributed by atoms with E-state index in [1.54, 1.807) is 11.3 Å². The van der Waals surface area contributed by atoms with Crippen LogP contribution in [0.2, 0.25) is 0 Å². The van der Waals surface area contributed by atoms with Gasteiger partial charge in [-0.3, -0.25) is 0 Å². The normalized spacial score (nSPS) is 17.4. The minimum atomic E-state index is 0.570. The van der Waals surface area contributed by atoms with E-state index >= 15 is 0 Å². The molecule has 3 aromatic rings. The Morgan fingerprint density at radius 1 is 1.07 bits per heavy atom. The average Bonchev–Trinajstić information content (AvgIpc) is 3.43. The quantitative estimate of drug-likeness (QED) is 0.571. The van der Waals surface area contributed by atoms with Crippen LogP contribution in [-0.4, -0.2) is 42.5 Å². The lowest BCUT2D eigenvalue weighted by Crippen LogP contribution is -2.38. The fourth-order valence-electron chi connectivity index (χ4n) is 3.93. The molecule has 146 valence electrons. The van der Waals surface area contributed by atoms with E-state index < -0.39 is 0 Å². The number of hydrogen-bond acceptors (Lipinski definition) is 7. The molecule has 6 nitrogen and oxygen atoms in total. The number of rotatable bonds is 6. The summed E-state index contributed by atoms with van der Waals surface area (Å²) in [4.78, 5) is 7.08. The molecule has 0 N–H and O–H groups in total. The van der Waals surface area contributed by atoms with Crippen LogP contribution in [0.3, 0.4) is 0 Å². The van der Waals surface area contributed by atoms with E-state index in [1.807, 2.05) is 30.3 Å². The fraction of sp³-hybridized carbons (Fsp3) is 0.333. The lowest BCUT2D eigenvalue weighted by Gasteiger charge is -2.31. The fourth-order valence-corrected chi connectivity index (χ4v) is 4.77. The number of aromatic nitrogens is 1. The third kappa shape index (κ3) is 4.38. The molecule has 1 fully saturated rings. The molecule has 0 amide bonds. The van der Waals surface area contributed by atoms with Crippen molar-refractivity contribution in [1.29, 1.82) is 0 Å². The van der Waals surface area contributed by atoms with Gasteiger partial charge in [0.25, 0.3) is 5.19 Å². The van der Waals surface area contributed by atoms with Crippen molar-refractivity contribution >= 4 is 34.6 Å². The summed E-state index contributed by atoms with van der Waals surface area (Å²) in [6, 6.07) is 16.5. The highest BCUT2D eigenvalue weighted by Crippen LogP contribution is 2.31. The van der Waals surface area contributed by atoms with Crippen molar-refractivity contribution in [2.24, 2.45) is 21.3 Å². The maximum atomic E-state index is 5.94. The number of benzene rings is 2. The van der Waals surface area contributed by atoms with Crippen LogP contribution >= 0.6 is 11.3 Å². The molecule has 8 heteroatoms. The molecule has 5 rings (SSSR count). The topological polar surface area (TPSA) is 62.4 Å². The van der Waals surface area contributed by atoms with Crippen molar-refractivity contribution in [2.45, 2.75) is 19.3 Å². The first-order valence-electron chi connectivity index (χ1n) is 10.1. The first-order valence-corrected chi connectivity index (χ1v) is 10.9. The van der Waals surface area contributed by atoms with Gasteiger partial charge in [-0.25, -0.2) is 10.0 Å². The number of thiazole rings is 1. The maximum Gasteiger partial charge on any atom is 0.343 e. The summed E-state index contributed by atoms with van der Waals surface area (Å²) in [5.74, 6) is 1.40. The molecule has 2 aliphatic rings. The Morgan fingerprint density at radius 2 is 1.90 bits per heavy atom. The summed E-state index contributed by atoms with van der Waals surface area (Å²) in [6.45, 7) is 3.34. The first kappa shape index (κ1) is 18.5. The third-order valence-corrected chi connectivity index (χ3v) is 6.56. The maximum absolute atomic E-state index is 5.94. The van der Waals surface area contributed by atoms with Gasteiger partial charge in [-0.15, -0.1) is 5.10 Å². The van der Waals surface area contributed by atoms with Gasteiger partial charge in [-0.2, -0.15) is 0 Å². The van der Waals surface area contributed by atoms with Crippen LogP contribution in [0.25, 0.3) is 10.2 Å². The predicted octanol–water partition coefficient (Wildman–Crippen LogP) is 4.47. The minimum absolute atomic E-state index is 0.570. The minimum Gasteiger partial charge on any atom is -0.431 e. The molecule has 0 radical (unpaired) electrons. The molecule has 2 aliphatic heterocycles. The molecule has 0 spiro atoms. The van der Waals surface area contributed by atoms with Crippen molar-refractivity contribution < 1.29 is 4.74 Å². The van der Waals surface area contributed by atoms with Crippen molar-refractivity contribution in [3.63, 3.8) is 0 Å². The molecule has 0 unspecified atom stereocenters. The molecule has 0 aliphatic carbocycles. The number of hydrogen-bond donors (Lipinski definition) is 0. The van der Waals surface area contributed by atoms with Crippen LogP contribution in [0.5, 0.6) is 10.9 Å². The highest BCUT2D eigenvalue weighted by atomic mass is 32.1. The molecule has 0 bridgehead atoms. The highest BCUT2D eigenvalue weighted by Gasteiger charge is 2.25. The largest absolute Gasteiger partial charge is 0.431 e. The Hall–Kier alpha value is -2.58. The van der Waals surface area contributed by atoms with E-state index in [0.29, 0.717) is 18.5 Å². The lowest BCUT2D eigenvalue weighted by atomic mass is 9.75. The van der Waals surface area contributed by atoms with E-state index in [4.69, 9.17) is 4.74 Å². The smallest absolute Gasteiger partial charge is 0.343 e. The number of para-hydroxylation sites is 1. The monoisotopic (exact) mass is 403 g/mol. The Morgan fingerprint density at radius 3 is 2.66 bits per heavy atom. The standard InChI is InChI=1S/C21H22BN5OS/c1-2-4-19-18(3-1)23-21(29-19)28-17-7-5-15(6-8-17)9-12-27-13-10-16(11-14-27)20-22-25-26-24-20/h1-8,16,22H,9-14H2. The van der Waals surface area contributed by atoms with Crippen molar-refractivity contribution in [3.05, 3.63) is 54.1 Å². The van der Waals surface area contributed by atoms with E-state index in [1.165, 1.54) is 24.0 Å². The highest BCUT2D eigenvalue weighted by molar-refractivity contribution is 7.20. The van der Waals surface area contributed by atoms with Crippen molar-refractivity contribution in [1.82, 2.24) is 9.88 Å². The molecule has 2 aromatic carbocycles. The van der Waals surface area contributed by atoms with Gasteiger partial charge < -0.3 is 9.64 Å². The molecular formula is C21H22BN5OS. The summed E-state index contributed by atoms with van der Waals surface area (Å²) in [5.41, 5.74) is 3.49. The predicted molar refractivity (Wildman–Crippen MR) is 118 cm³/mol. The Bertz CT molecular complexity index is 1010. The van der Waals surface area contributed by atoms with Crippen molar-refractivity contribution in [2.75, 3.05) is 19.6 Å². The van der Waals surface area contributed by atoms with Crippen LogP contribution in [0.4, 0.5) is 0 Å². The van der Waals surface area contributed by atoms with Crippen LogP contribution < -0.4 is 4.74 Å². The van der Waals surface area contributed by atoms with Gasteiger partial charge in [-0.1, -0.05) is 40.8 Å². The third-order valence-electron chi connectivity index (χ3n) is 5.65. The summed E-state index contributed by atoms with van der Waals surface area (Å²) in [6.07, 6.45) is 3.38. The average molecular weight is 403 g/mol. The zero-order valence-corrected chi connectivity index (χ0v) is 17.0. The number of fused-ring (bicyclic) bond motifs is 1. The van der Waals surface area contributed by atoms with Gasteiger partial charge in [0.1, 0.15) is 5.75 Å². The SMILES string of the molecule is B1N=NN=C1C1CCN(CCc2ccc(Oc3nc4ccccc4s3)cc2)CC1. The molecule has 3 heterocycles. The number of nitrogens with zero attached hydrogens (tertiary/aromatic N) is 5. The number of likely N-dealkylation sites (tertiary alicyclic amines) is 1. The van der Waals surface area contributed by atoms with Gasteiger partial charge in [-0.05, 0) is 68.1 Å². The molecule has 1 aromatic heterocycles. The molecular weight excluding hydrogens is 381 g/mol. The molecule has 29 heavy (non-hydrogen) atoms. The van der Waals surface area contributed by atoms with Crippen LogP contribution in [0, 0.1) is 5.92 Å². The van der Waals surface area contributed by atoms with Crippen LogP contribution in [-0.2, 0) is 6.42 Å². The lowest BCUT2D eigenvalue weighted by molar-refractivity contribution is 0.212. The summed E-state index contributed by atoms with van der Waals surface area (Å²) in [7, 11) is 0.704. The second-order valence-electron chi connectivity index (χ2n) is 7.54. The van der Waals surface area contributed by atoms with Gasteiger partial charge in [0, 0.05) is 12.2 Å². The summed E-state index contributed by atoms with van der Waals surface area (Å²) >= 11 is 1.57. The summed E-state index contributed by atoms with van der Waals surface area (Å²) in [5, 5.41) is 12.6. The van der Waals surface area contributed by atoms with E-state index in [9.17, 15) is 0 Å². The van der Waals surface area contributed by atoms with Crippen molar-refractivity contribution in [3.8, 4) is 10.9 Å². The van der Waals surface area contributed by atoms with Gasteiger partial charge in [0.05, 0.1) is 10.2 Å². The van der Waals surface area contributed by atoms with Gasteiger partial charge >= 0.3 is 7.41 Å². The molecule has 0 saturated carbocycles. The zero-order chi connectivity index (χ0) is 19.5. The van der Waals surface area contributed by atoms with Crippen LogP contribution in [0.1, 0.15) is 18.4 Å². The summed E-state index contributed by atoms with van der Waals surface area (Å²) < 4.78 is 7.09. The second-order valence-corrected chi connectivity index (χ2v) is 8.53. The Kier molecular flexibility index (Phi) is 5.36. The van der Waals surface area contributed by atoms with Crippen LogP contribution in [0.15, 0.2) is 63.9 Å². The van der Waals surface area contributed by atoms with E-state index in [2.05, 4.69) is 43.4 Å². The first-order chi connectivity index (χ1) is 14.3. The number of ether oxygens (including phenoxy) is 1. The van der Waals surface area contributed by atoms with E-state index in [-0.39, 0.29) is 0 Å². The van der Waals surface area contributed by atoms with E-state index in [0.717, 1.165) is 42.0 Å².